The Morgan fingerprint density at radius 1 is 1.50 bits per heavy atom. The SMILES string of the molecule is Cc1ncc(CNc2cc(N)cc([N+](=O)[O-])c2)s1. The highest BCUT2D eigenvalue weighted by molar-refractivity contribution is 7.11. The first kappa shape index (κ1) is 12.3. The first-order chi connectivity index (χ1) is 8.54. The lowest BCUT2D eigenvalue weighted by Crippen LogP contribution is -2.00. The van der Waals surface area contributed by atoms with Crippen LogP contribution in [0.25, 0.3) is 0 Å². The van der Waals surface area contributed by atoms with Gasteiger partial charge in [-0.3, -0.25) is 10.1 Å². The first-order valence-electron chi connectivity index (χ1n) is 5.25. The monoisotopic (exact) mass is 264 g/mol. The molecule has 0 amide bonds. The van der Waals surface area contributed by atoms with Crippen molar-refractivity contribution in [2.45, 2.75) is 13.5 Å². The van der Waals surface area contributed by atoms with E-state index < -0.39 is 4.92 Å². The van der Waals surface area contributed by atoms with Gasteiger partial charge in [-0.2, -0.15) is 0 Å². The molecule has 94 valence electrons. The summed E-state index contributed by atoms with van der Waals surface area (Å²) >= 11 is 1.58. The molecule has 0 aliphatic carbocycles. The van der Waals surface area contributed by atoms with Gasteiger partial charge in [0.05, 0.1) is 16.5 Å². The van der Waals surface area contributed by atoms with Crippen molar-refractivity contribution >= 4 is 28.4 Å². The second-order valence-corrected chi connectivity index (χ2v) is 5.09. The molecule has 0 spiro atoms. The number of nitrogens with one attached hydrogen (secondary N) is 1. The largest absolute Gasteiger partial charge is 0.398 e. The van der Waals surface area contributed by atoms with Crippen LogP contribution in [-0.2, 0) is 6.54 Å². The predicted octanol–water partition coefficient (Wildman–Crippen LogP) is 2.55. The Bertz CT molecular complexity index is 582. The van der Waals surface area contributed by atoms with E-state index in [2.05, 4.69) is 10.3 Å². The minimum atomic E-state index is -0.460. The summed E-state index contributed by atoms with van der Waals surface area (Å²) in [5.74, 6) is 0. The van der Waals surface area contributed by atoms with Crippen LogP contribution in [0.15, 0.2) is 24.4 Å². The summed E-state index contributed by atoms with van der Waals surface area (Å²) in [4.78, 5) is 15.4. The molecule has 0 aliphatic rings. The maximum Gasteiger partial charge on any atom is 0.273 e. The molecule has 0 atom stereocenters. The molecule has 2 rings (SSSR count). The third kappa shape index (κ3) is 2.95. The number of aryl methyl sites for hydroxylation is 1. The minimum Gasteiger partial charge on any atom is -0.398 e. The van der Waals surface area contributed by atoms with Crippen molar-refractivity contribution in [1.82, 2.24) is 4.98 Å². The molecule has 0 saturated carbocycles. The van der Waals surface area contributed by atoms with Crippen molar-refractivity contribution in [3.8, 4) is 0 Å². The number of thiazole rings is 1. The number of nitrogen functional groups attached to an aromatic ring is 1. The number of aromatic nitrogens is 1. The molecule has 1 heterocycles. The van der Waals surface area contributed by atoms with Crippen molar-refractivity contribution in [2.24, 2.45) is 0 Å². The summed E-state index contributed by atoms with van der Waals surface area (Å²) in [5, 5.41) is 14.8. The molecule has 2 aromatic rings. The molecule has 6 nitrogen and oxygen atoms in total. The van der Waals surface area contributed by atoms with E-state index in [0.717, 1.165) is 9.88 Å². The fraction of sp³-hybridized carbons (Fsp3) is 0.182. The molecule has 3 N–H and O–H groups in total. The van der Waals surface area contributed by atoms with Crippen LogP contribution in [0.3, 0.4) is 0 Å². The summed E-state index contributed by atoms with van der Waals surface area (Å²) in [5.41, 5.74) is 6.60. The fourth-order valence-corrected chi connectivity index (χ4v) is 2.25. The number of nitro groups is 1. The zero-order valence-corrected chi connectivity index (χ0v) is 10.5. The summed E-state index contributed by atoms with van der Waals surface area (Å²) in [6.45, 7) is 2.51. The van der Waals surface area contributed by atoms with E-state index in [9.17, 15) is 10.1 Å². The normalized spacial score (nSPS) is 10.3. The van der Waals surface area contributed by atoms with Gasteiger partial charge in [-0.15, -0.1) is 11.3 Å². The Morgan fingerprint density at radius 2 is 2.28 bits per heavy atom. The van der Waals surface area contributed by atoms with Gasteiger partial charge in [0.25, 0.3) is 5.69 Å². The van der Waals surface area contributed by atoms with Gasteiger partial charge in [-0.1, -0.05) is 0 Å². The first-order valence-corrected chi connectivity index (χ1v) is 6.06. The number of anilines is 2. The van der Waals surface area contributed by atoms with E-state index in [1.165, 1.54) is 12.1 Å². The Kier molecular flexibility index (Phi) is 3.42. The van der Waals surface area contributed by atoms with Crippen molar-refractivity contribution in [1.29, 1.82) is 0 Å². The third-order valence-corrected chi connectivity index (χ3v) is 3.20. The van der Waals surface area contributed by atoms with Gasteiger partial charge in [-0.05, 0) is 13.0 Å². The van der Waals surface area contributed by atoms with Crippen LogP contribution >= 0.6 is 11.3 Å². The summed E-state index contributed by atoms with van der Waals surface area (Å²) in [7, 11) is 0. The van der Waals surface area contributed by atoms with Gasteiger partial charge in [0.2, 0.25) is 0 Å². The maximum absolute atomic E-state index is 10.7. The topological polar surface area (TPSA) is 94.1 Å². The molecule has 1 aromatic carbocycles. The molecular weight excluding hydrogens is 252 g/mol. The average Bonchev–Trinajstić information content (AvgIpc) is 2.72. The fourth-order valence-electron chi connectivity index (χ4n) is 1.52. The molecular formula is C11H12N4O2S. The van der Waals surface area contributed by atoms with E-state index >= 15 is 0 Å². The van der Waals surface area contributed by atoms with E-state index in [1.807, 2.05) is 6.92 Å². The molecule has 1 aromatic heterocycles. The Hall–Kier alpha value is -2.15. The summed E-state index contributed by atoms with van der Waals surface area (Å²) < 4.78 is 0. The molecule has 0 fully saturated rings. The van der Waals surface area contributed by atoms with Gasteiger partial charge < -0.3 is 11.1 Å². The van der Waals surface area contributed by atoms with Gasteiger partial charge in [-0.25, -0.2) is 4.98 Å². The lowest BCUT2D eigenvalue weighted by atomic mass is 10.2. The van der Waals surface area contributed by atoms with Gasteiger partial charge in [0, 0.05) is 34.6 Å². The Balaban J connectivity index is 2.11. The highest BCUT2D eigenvalue weighted by Crippen LogP contribution is 2.23. The smallest absolute Gasteiger partial charge is 0.273 e. The molecule has 0 radical (unpaired) electrons. The van der Waals surface area contributed by atoms with Crippen LogP contribution in [0, 0.1) is 17.0 Å². The van der Waals surface area contributed by atoms with Crippen molar-refractivity contribution in [3.05, 3.63) is 44.4 Å². The molecule has 7 heteroatoms. The molecule has 0 unspecified atom stereocenters. The number of benzene rings is 1. The van der Waals surface area contributed by atoms with Crippen molar-refractivity contribution in [2.75, 3.05) is 11.1 Å². The number of hydrogen-bond acceptors (Lipinski definition) is 6. The number of nitrogens with zero attached hydrogens (tertiary/aromatic N) is 2. The zero-order valence-electron chi connectivity index (χ0n) is 9.71. The van der Waals surface area contributed by atoms with E-state index in [1.54, 1.807) is 23.6 Å². The lowest BCUT2D eigenvalue weighted by Gasteiger charge is -2.05. The van der Waals surface area contributed by atoms with Gasteiger partial charge >= 0.3 is 0 Å². The second kappa shape index (κ2) is 5.01. The zero-order chi connectivity index (χ0) is 13.1. The van der Waals surface area contributed by atoms with Crippen molar-refractivity contribution < 1.29 is 4.92 Å². The number of non-ortho nitro benzene ring substituents is 1. The van der Waals surface area contributed by atoms with E-state index in [-0.39, 0.29) is 5.69 Å². The van der Waals surface area contributed by atoms with Crippen LogP contribution in [0.5, 0.6) is 0 Å². The average molecular weight is 264 g/mol. The minimum absolute atomic E-state index is 0.0158. The second-order valence-electron chi connectivity index (χ2n) is 3.77. The molecule has 0 bridgehead atoms. The number of hydrogen-bond donors (Lipinski definition) is 2. The van der Waals surface area contributed by atoms with Crippen molar-refractivity contribution in [3.63, 3.8) is 0 Å². The highest BCUT2D eigenvalue weighted by atomic mass is 32.1. The van der Waals surface area contributed by atoms with Crippen LogP contribution in [0.2, 0.25) is 0 Å². The quantitative estimate of drug-likeness (QED) is 0.502. The van der Waals surface area contributed by atoms with E-state index in [4.69, 9.17) is 5.73 Å². The van der Waals surface area contributed by atoms with E-state index in [0.29, 0.717) is 17.9 Å². The highest BCUT2D eigenvalue weighted by Gasteiger charge is 2.08. The lowest BCUT2D eigenvalue weighted by molar-refractivity contribution is -0.384. The molecule has 0 saturated heterocycles. The molecule has 18 heavy (non-hydrogen) atoms. The van der Waals surface area contributed by atoms with Crippen LogP contribution in [0.4, 0.5) is 17.1 Å². The predicted molar refractivity (Wildman–Crippen MR) is 71.7 cm³/mol. The van der Waals surface area contributed by atoms with Gasteiger partial charge in [0.15, 0.2) is 0 Å². The Morgan fingerprint density at radius 3 is 2.89 bits per heavy atom. The summed E-state index contributed by atoms with van der Waals surface area (Å²) in [6.07, 6.45) is 1.79. The number of nitro benzene ring substituents is 1. The maximum atomic E-state index is 10.7. The standard InChI is InChI=1S/C11H12N4O2S/c1-7-13-5-11(18-7)6-14-9-2-8(12)3-10(4-9)15(16)17/h2-5,14H,6,12H2,1H3. The summed E-state index contributed by atoms with van der Waals surface area (Å²) in [6, 6.07) is 4.47. The third-order valence-electron chi connectivity index (χ3n) is 2.29. The number of nitrogens with two attached hydrogens (primary N) is 1. The number of rotatable bonds is 4. The molecule has 0 aliphatic heterocycles. The van der Waals surface area contributed by atoms with Crippen LogP contribution in [0.1, 0.15) is 9.88 Å². The van der Waals surface area contributed by atoms with Gasteiger partial charge in [0.1, 0.15) is 0 Å². The van der Waals surface area contributed by atoms with Crippen LogP contribution in [-0.4, -0.2) is 9.91 Å². The van der Waals surface area contributed by atoms with Crippen LogP contribution < -0.4 is 11.1 Å². The Labute approximate surface area is 108 Å².